The van der Waals surface area contributed by atoms with E-state index in [-0.39, 0.29) is 61.3 Å². The van der Waals surface area contributed by atoms with Crippen LogP contribution in [0.25, 0.3) is 6.08 Å². The number of amides is 2. The second-order valence-electron chi connectivity index (χ2n) is 16.5. The first kappa shape index (κ1) is 49.2. The van der Waals surface area contributed by atoms with Crippen LogP contribution < -0.4 is 24.3 Å². The van der Waals surface area contributed by atoms with Crippen LogP contribution in [0.4, 0.5) is 16.2 Å². The van der Waals surface area contributed by atoms with Crippen molar-refractivity contribution in [3.63, 3.8) is 0 Å². The van der Waals surface area contributed by atoms with Crippen LogP contribution in [0.1, 0.15) is 82.3 Å². The van der Waals surface area contributed by atoms with Gasteiger partial charge in [0.25, 0.3) is 5.69 Å². The van der Waals surface area contributed by atoms with Gasteiger partial charge in [0.05, 0.1) is 43.1 Å². The number of nitro groups is 1. The molecule has 2 amide bonds. The van der Waals surface area contributed by atoms with Crippen molar-refractivity contribution in [2.24, 2.45) is 22.9 Å². The number of nitrogens with zero attached hydrogens (tertiary/aromatic N) is 3. The van der Waals surface area contributed by atoms with Gasteiger partial charge >= 0.3 is 6.09 Å². The molecule has 3 aromatic carbocycles. The standard InChI is InChI=1S/C50H62N4O12/c1-6-25-53(46(57)24-17-33-15-18-35(19-16-33)54(59)60)45-32-42(52-64-8-3)39-29-34(13-9-11-26-55)38(14-10-12-27-56)47-40-30-37(21-23-43(40)66-50(45,48(39)47)63-28-7-2)65-49(58)51-41-22-20-36(61-4)31-44(41)62-5/h7,15-24,29-31,34,38,45,47-48,55-56H,2,6,8-14,25-28,32H2,1,3-5H3,(H,51,58)/t34-,38+,45-,47+,48+,50+/m0/s1. The van der Waals surface area contributed by atoms with E-state index in [1.807, 2.05) is 19.9 Å². The van der Waals surface area contributed by atoms with Gasteiger partial charge in [-0.1, -0.05) is 37.1 Å². The van der Waals surface area contributed by atoms with Crippen molar-refractivity contribution in [1.82, 2.24) is 4.90 Å². The molecule has 6 atom stereocenters. The van der Waals surface area contributed by atoms with Crippen LogP contribution in [0.2, 0.25) is 0 Å². The van der Waals surface area contributed by atoms with Gasteiger partial charge in [0.2, 0.25) is 11.7 Å². The number of methoxy groups -OCH3 is 2. The first-order chi connectivity index (χ1) is 32.0. The summed E-state index contributed by atoms with van der Waals surface area (Å²) in [4.78, 5) is 46.7. The first-order valence-corrected chi connectivity index (χ1v) is 22.7. The fourth-order valence-electron chi connectivity index (χ4n) is 9.63. The Balaban J connectivity index is 1.51. The Kier molecular flexibility index (Phi) is 17.4. The van der Waals surface area contributed by atoms with Crippen molar-refractivity contribution in [2.75, 3.05) is 52.5 Å². The van der Waals surface area contributed by atoms with Crippen molar-refractivity contribution in [3.8, 4) is 23.0 Å². The molecule has 66 heavy (non-hydrogen) atoms. The summed E-state index contributed by atoms with van der Waals surface area (Å²) >= 11 is 0. The fraction of sp³-hybridized carbons (Fsp3) is 0.460. The van der Waals surface area contributed by atoms with Gasteiger partial charge in [-0.25, -0.2) is 4.79 Å². The minimum absolute atomic E-state index is 0.00802. The van der Waals surface area contributed by atoms with E-state index in [0.29, 0.717) is 73.0 Å². The van der Waals surface area contributed by atoms with E-state index in [9.17, 15) is 29.9 Å². The molecule has 1 heterocycles. The molecule has 16 heteroatoms. The van der Waals surface area contributed by atoms with E-state index in [1.165, 1.54) is 32.4 Å². The van der Waals surface area contributed by atoms with Crippen LogP contribution in [-0.4, -0.2) is 96.8 Å². The van der Waals surface area contributed by atoms with Crippen molar-refractivity contribution in [2.45, 2.75) is 83.0 Å². The summed E-state index contributed by atoms with van der Waals surface area (Å²) in [7, 11) is 3.03. The third-order valence-corrected chi connectivity index (χ3v) is 12.5. The number of oxime groups is 1. The van der Waals surface area contributed by atoms with E-state index in [0.717, 1.165) is 30.4 Å². The number of nitrogens with one attached hydrogen (secondary N) is 1. The lowest BCUT2D eigenvalue weighted by Crippen LogP contribution is -2.70. The quantitative estimate of drug-likeness (QED) is 0.0269. The second kappa shape index (κ2) is 23.3. The number of rotatable bonds is 23. The number of aliphatic hydroxyl groups is 2. The maximum absolute atomic E-state index is 14.7. The largest absolute Gasteiger partial charge is 0.497 e. The van der Waals surface area contributed by atoms with Crippen LogP contribution in [-0.2, 0) is 14.4 Å². The zero-order chi connectivity index (χ0) is 47.2. The Morgan fingerprint density at radius 2 is 1.74 bits per heavy atom. The molecule has 0 saturated heterocycles. The number of ether oxygens (including phenoxy) is 5. The number of hydrogen-bond donors (Lipinski definition) is 3. The Bertz CT molecular complexity index is 2260. The predicted molar refractivity (Wildman–Crippen MR) is 250 cm³/mol. The summed E-state index contributed by atoms with van der Waals surface area (Å²) < 4.78 is 31.1. The molecule has 2 aliphatic carbocycles. The number of aliphatic hydroxyl groups excluding tert-OH is 2. The van der Waals surface area contributed by atoms with Crippen molar-refractivity contribution in [1.29, 1.82) is 0 Å². The molecule has 3 aromatic rings. The number of fused-ring (bicyclic) bond motifs is 2. The van der Waals surface area contributed by atoms with Gasteiger partial charge in [0, 0.05) is 61.9 Å². The second-order valence-corrected chi connectivity index (χ2v) is 16.5. The van der Waals surface area contributed by atoms with E-state index >= 15 is 0 Å². The highest BCUT2D eigenvalue weighted by atomic mass is 16.7. The van der Waals surface area contributed by atoms with Gasteiger partial charge in [-0.2, -0.15) is 0 Å². The summed E-state index contributed by atoms with van der Waals surface area (Å²) in [6, 6.07) is 15.5. The normalized spacial score (nSPS) is 22.3. The van der Waals surface area contributed by atoms with Crippen molar-refractivity contribution < 1.29 is 53.2 Å². The summed E-state index contributed by atoms with van der Waals surface area (Å²) in [5, 5.41) is 38.7. The van der Waals surface area contributed by atoms with Gasteiger partial charge in [0.1, 0.15) is 35.6 Å². The Morgan fingerprint density at radius 3 is 2.41 bits per heavy atom. The van der Waals surface area contributed by atoms with Gasteiger partial charge in [0.15, 0.2) is 0 Å². The molecule has 0 spiro atoms. The fourth-order valence-corrected chi connectivity index (χ4v) is 9.63. The molecule has 1 saturated carbocycles. The van der Waals surface area contributed by atoms with Crippen molar-refractivity contribution >= 4 is 35.2 Å². The van der Waals surface area contributed by atoms with Gasteiger partial charge in [-0.15, -0.1) is 6.58 Å². The summed E-state index contributed by atoms with van der Waals surface area (Å²) in [6.45, 7) is 8.63. The summed E-state index contributed by atoms with van der Waals surface area (Å²) in [5.41, 5.74) is 3.23. The zero-order valence-corrected chi connectivity index (χ0v) is 38.2. The number of hydrogen-bond acceptors (Lipinski definition) is 13. The maximum Gasteiger partial charge on any atom is 0.417 e. The third-order valence-electron chi connectivity index (χ3n) is 12.5. The molecule has 3 aliphatic rings. The first-order valence-electron chi connectivity index (χ1n) is 22.7. The Morgan fingerprint density at radius 1 is 1.00 bits per heavy atom. The van der Waals surface area contributed by atoms with Gasteiger partial charge < -0.3 is 43.6 Å². The number of benzene rings is 3. The van der Waals surface area contributed by atoms with E-state index in [2.05, 4.69) is 18.0 Å². The number of non-ortho nitro benzene ring substituents is 1. The smallest absolute Gasteiger partial charge is 0.417 e. The number of carbonyl (C=O) groups excluding carboxylic acids is 2. The van der Waals surface area contributed by atoms with E-state index in [1.54, 1.807) is 59.5 Å². The van der Waals surface area contributed by atoms with E-state index < -0.39 is 28.8 Å². The molecular weight excluding hydrogens is 849 g/mol. The van der Waals surface area contributed by atoms with Crippen LogP contribution in [0.5, 0.6) is 23.0 Å². The lowest BCUT2D eigenvalue weighted by atomic mass is 9.55. The molecular formula is C50H62N4O12. The SMILES string of the molecule is C=CCO[C@@]12Oc3ccc(OC(=O)Nc4ccc(OC)cc4OC)cc3[C@H]3[C@H](CCCCO)[C@@H](CCCCO)C=C(C(=NOCC)C[C@@H]1N(CCC)C(=O)C=Cc1ccc([N+](=O)[O-])cc1)[C@H]32. The van der Waals surface area contributed by atoms with Gasteiger partial charge in [-0.05, 0) is 111 Å². The minimum Gasteiger partial charge on any atom is -0.497 e. The molecule has 16 nitrogen and oxygen atoms in total. The predicted octanol–water partition coefficient (Wildman–Crippen LogP) is 8.83. The van der Waals surface area contributed by atoms with Crippen LogP contribution in [0, 0.1) is 27.9 Å². The number of unbranched alkanes of at least 4 members (excludes halogenated alkanes) is 2. The average Bonchev–Trinajstić information content (AvgIpc) is 3.32. The molecule has 0 aromatic heterocycles. The van der Waals surface area contributed by atoms with Crippen molar-refractivity contribution in [3.05, 3.63) is 112 Å². The van der Waals surface area contributed by atoms with Crippen LogP contribution in [0.3, 0.4) is 0 Å². The molecule has 0 radical (unpaired) electrons. The number of nitro benzene ring substituents is 1. The summed E-state index contributed by atoms with van der Waals surface area (Å²) in [5.74, 6) is -1.12. The number of carbonyl (C=O) groups is 2. The lowest BCUT2D eigenvalue weighted by Gasteiger charge is -2.60. The maximum atomic E-state index is 14.7. The van der Waals surface area contributed by atoms with Crippen LogP contribution >= 0.6 is 0 Å². The highest BCUT2D eigenvalue weighted by molar-refractivity contribution is 6.03. The molecule has 0 bridgehead atoms. The molecule has 6 rings (SSSR count). The average molecular weight is 911 g/mol. The molecule has 0 unspecified atom stereocenters. The molecule has 354 valence electrons. The molecule has 1 aliphatic heterocycles. The lowest BCUT2D eigenvalue weighted by molar-refractivity contribution is -0.384. The monoisotopic (exact) mass is 910 g/mol. The topological polar surface area (TPSA) is 201 Å². The Labute approximate surface area is 386 Å². The van der Waals surface area contributed by atoms with Crippen LogP contribution in [0.15, 0.2) is 96.2 Å². The highest BCUT2D eigenvalue weighted by Gasteiger charge is 2.65. The molecule has 3 N–H and O–H groups in total. The zero-order valence-electron chi connectivity index (χ0n) is 38.2. The highest BCUT2D eigenvalue weighted by Crippen LogP contribution is 2.62. The van der Waals surface area contributed by atoms with E-state index in [4.69, 9.17) is 33.7 Å². The minimum atomic E-state index is -1.50. The Hall–Kier alpha value is -6.23. The summed E-state index contributed by atoms with van der Waals surface area (Å²) in [6.07, 6.45) is 11.2. The number of anilines is 1. The molecule has 1 fully saturated rings. The van der Waals surface area contributed by atoms with Gasteiger partial charge in [-0.3, -0.25) is 20.2 Å². The third kappa shape index (κ3) is 11.1. The number of allylic oxidation sites excluding steroid dienone is 1.